The first-order valence-electron chi connectivity index (χ1n) is 6.57. The lowest BCUT2D eigenvalue weighted by Gasteiger charge is -2.24. The first kappa shape index (κ1) is 14.2. The van der Waals surface area contributed by atoms with Crippen molar-refractivity contribution in [1.29, 1.82) is 0 Å². The molecule has 1 aliphatic rings. The highest BCUT2D eigenvalue weighted by atomic mass is 16.6. The lowest BCUT2D eigenvalue weighted by molar-refractivity contribution is -0.384. The summed E-state index contributed by atoms with van der Waals surface area (Å²) in [6.07, 6.45) is 4.56. The summed E-state index contributed by atoms with van der Waals surface area (Å²) in [4.78, 5) is 27.6. The SMILES string of the molecule is CCCC1(C(=O)O)CCN(c2ccncc2[N+](=O)[O-])C1. The highest BCUT2D eigenvalue weighted by molar-refractivity contribution is 5.77. The van der Waals surface area contributed by atoms with Crippen LogP contribution < -0.4 is 4.90 Å². The molecular formula is C13H17N3O4. The maximum Gasteiger partial charge on any atom is 0.311 e. The van der Waals surface area contributed by atoms with E-state index in [1.807, 2.05) is 6.92 Å². The lowest BCUT2D eigenvalue weighted by atomic mass is 9.83. The van der Waals surface area contributed by atoms with Gasteiger partial charge in [0, 0.05) is 19.3 Å². The van der Waals surface area contributed by atoms with E-state index < -0.39 is 16.3 Å². The van der Waals surface area contributed by atoms with E-state index in [4.69, 9.17) is 0 Å². The second kappa shape index (κ2) is 5.44. The van der Waals surface area contributed by atoms with Crippen LogP contribution in [0, 0.1) is 15.5 Å². The second-order valence-electron chi connectivity index (χ2n) is 5.13. The minimum absolute atomic E-state index is 0.0785. The van der Waals surface area contributed by atoms with Crippen LogP contribution in [0.5, 0.6) is 0 Å². The van der Waals surface area contributed by atoms with Crippen LogP contribution in [0.2, 0.25) is 0 Å². The van der Waals surface area contributed by atoms with Gasteiger partial charge in [0.15, 0.2) is 0 Å². The van der Waals surface area contributed by atoms with Gasteiger partial charge in [0.25, 0.3) is 0 Å². The molecule has 1 aliphatic heterocycles. The van der Waals surface area contributed by atoms with Crippen molar-refractivity contribution >= 4 is 17.3 Å². The molecule has 1 aromatic rings. The van der Waals surface area contributed by atoms with Crippen LogP contribution in [0.15, 0.2) is 18.5 Å². The molecule has 0 bridgehead atoms. The number of nitro groups is 1. The van der Waals surface area contributed by atoms with E-state index in [0.29, 0.717) is 31.6 Å². The molecule has 1 aromatic heterocycles. The Labute approximate surface area is 116 Å². The van der Waals surface area contributed by atoms with Crippen LogP contribution in [-0.4, -0.2) is 34.1 Å². The van der Waals surface area contributed by atoms with E-state index in [9.17, 15) is 20.0 Å². The van der Waals surface area contributed by atoms with Gasteiger partial charge in [-0.3, -0.25) is 19.9 Å². The molecule has 0 spiro atoms. The van der Waals surface area contributed by atoms with Gasteiger partial charge in [-0.05, 0) is 18.9 Å². The van der Waals surface area contributed by atoms with Crippen molar-refractivity contribution in [3.63, 3.8) is 0 Å². The summed E-state index contributed by atoms with van der Waals surface area (Å²) >= 11 is 0. The Morgan fingerprint density at radius 3 is 3.00 bits per heavy atom. The number of rotatable bonds is 5. The minimum atomic E-state index is -0.821. The van der Waals surface area contributed by atoms with Crippen LogP contribution in [-0.2, 0) is 4.79 Å². The molecule has 0 radical (unpaired) electrons. The number of carboxylic acid groups (broad SMARTS) is 1. The Bertz CT molecular complexity index is 534. The monoisotopic (exact) mass is 279 g/mol. The molecule has 2 heterocycles. The Morgan fingerprint density at radius 1 is 1.65 bits per heavy atom. The quantitative estimate of drug-likeness (QED) is 0.654. The molecule has 7 heteroatoms. The number of hydrogen-bond donors (Lipinski definition) is 1. The van der Waals surface area contributed by atoms with Gasteiger partial charge in [0.2, 0.25) is 0 Å². The van der Waals surface area contributed by atoms with Crippen molar-refractivity contribution < 1.29 is 14.8 Å². The first-order valence-corrected chi connectivity index (χ1v) is 6.57. The number of aromatic nitrogens is 1. The largest absolute Gasteiger partial charge is 0.481 e. The number of aliphatic carboxylic acids is 1. The average Bonchev–Trinajstić information content (AvgIpc) is 2.85. The molecule has 1 fully saturated rings. The molecule has 1 N–H and O–H groups in total. The maximum atomic E-state index is 11.5. The summed E-state index contributed by atoms with van der Waals surface area (Å²) in [5, 5.41) is 20.5. The van der Waals surface area contributed by atoms with E-state index in [1.54, 1.807) is 11.0 Å². The Morgan fingerprint density at radius 2 is 2.40 bits per heavy atom. The van der Waals surface area contributed by atoms with Gasteiger partial charge >= 0.3 is 11.7 Å². The lowest BCUT2D eigenvalue weighted by Crippen LogP contribution is -2.34. The van der Waals surface area contributed by atoms with E-state index in [0.717, 1.165) is 6.42 Å². The third kappa shape index (κ3) is 2.43. The highest BCUT2D eigenvalue weighted by Crippen LogP contribution is 2.40. The topological polar surface area (TPSA) is 96.6 Å². The molecule has 0 amide bonds. The molecular weight excluding hydrogens is 262 g/mol. The molecule has 20 heavy (non-hydrogen) atoms. The summed E-state index contributed by atoms with van der Waals surface area (Å²) < 4.78 is 0. The Balaban J connectivity index is 2.29. The molecule has 0 aromatic carbocycles. The van der Waals surface area contributed by atoms with Crippen LogP contribution in [0.25, 0.3) is 0 Å². The minimum Gasteiger partial charge on any atom is -0.481 e. The first-order chi connectivity index (χ1) is 9.50. The molecule has 7 nitrogen and oxygen atoms in total. The van der Waals surface area contributed by atoms with Gasteiger partial charge in [-0.15, -0.1) is 0 Å². The number of pyridine rings is 1. The zero-order valence-corrected chi connectivity index (χ0v) is 11.3. The molecule has 0 aliphatic carbocycles. The maximum absolute atomic E-state index is 11.5. The van der Waals surface area contributed by atoms with E-state index in [2.05, 4.69) is 4.98 Å². The van der Waals surface area contributed by atoms with Gasteiger partial charge in [0.05, 0.1) is 10.3 Å². The average molecular weight is 279 g/mol. The van der Waals surface area contributed by atoms with Crippen LogP contribution in [0.1, 0.15) is 26.2 Å². The summed E-state index contributed by atoms with van der Waals surface area (Å²) in [6.45, 7) is 2.76. The Hall–Kier alpha value is -2.18. The van der Waals surface area contributed by atoms with Crippen molar-refractivity contribution in [2.75, 3.05) is 18.0 Å². The van der Waals surface area contributed by atoms with Gasteiger partial charge in [-0.25, -0.2) is 0 Å². The molecule has 108 valence electrons. The number of anilines is 1. The second-order valence-corrected chi connectivity index (χ2v) is 5.13. The van der Waals surface area contributed by atoms with Crippen molar-refractivity contribution in [2.45, 2.75) is 26.2 Å². The zero-order chi connectivity index (χ0) is 14.8. The van der Waals surface area contributed by atoms with Crippen molar-refractivity contribution in [2.24, 2.45) is 5.41 Å². The molecule has 0 saturated carbocycles. The highest BCUT2D eigenvalue weighted by Gasteiger charge is 2.45. The summed E-state index contributed by atoms with van der Waals surface area (Å²) in [5.74, 6) is -0.821. The van der Waals surface area contributed by atoms with Gasteiger partial charge in [-0.1, -0.05) is 13.3 Å². The third-order valence-electron chi connectivity index (χ3n) is 3.85. The third-order valence-corrected chi connectivity index (χ3v) is 3.85. The molecule has 1 unspecified atom stereocenters. The van der Waals surface area contributed by atoms with E-state index in [-0.39, 0.29) is 5.69 Å². The van der Waals surface area contributed by atoms with Gasteiger partial charge < -0.3 is 10.0 Å². The van der Waals surface area contributed by atoms with Crippen molar-refractivity contribution in [1.82, 2.24) is 4.98 Å². The predicted octanol–water partition coefficient (Wildman–Crippen LogP) is 2.07. The van der Waals surface area contributed by atoms with Gasteiger partial charge in [-0.2, -0.15) is 0 Å². The summed E-state index contributed by atoms with van der Waals surface area (Å²) in [7, 11) is 0. The fourth-order valence-electron chi connectivity index (χ4n) is 2.83. The summed E-state index contributed by atoms with van der Waals surface area (Å²) in [5.41, 5.74) is -0.430. The molecule has 1 saturated heterocycles. The smallest absolute Gasteiger partial charge is 0.311 e. The number of carbonyl (C=O) groups is 1. The van der Waals surface area contributed by atoms with Crippen LogP contribution >= 0.6 is 0 Å². The molecule has 2 rings (SSSR count). The Kier molecular flexibility index (Phi) is 3.87. The van der Waals surface area contributed by atoms with E-state index >= 15 is 0 Å². The zero-order valence-electron chi connectivity index (χ0n) is 11.3. The van der Waals surface area contributed by atoms with Crippen molar-refractivity contribution in [3.8, 4) is 0 Å². The normalized spacial score (nSPS) is 21.9. The standard InChI is InChI=1S/C13H17N3O4/c1-2-4-13(12(17)18)5-7-15(9-13)10-3-6-14-8-11(10)16(19)20/h3,6,8H,2,4-5,7,9H2,1H3,(H,17,18). The number of nitrogens with zero attached hydrogens (tertiary/aromatic N) is 3. The predicted molar refractivity (Wildman–Crippen MR) is 72.7 cm³/mol. The van der Waals surface area contributed by atoms with E-state index in [1.165, 1.54) is 12.4 Å². The number of carboxylic acids is 1. The van der Waals surface area contributed by atoms with Gasteiger partial charge in [0.1, 0.15) is 11.9 Å². The van der Waals surface area contributed by atoms with Crippen LogP contribution in [0.3, 0.4) is 0 Å². The number of hydrogen-bond acceptors (Lipinski definition) is 5. The summed E-state index contributed by atoms with van der Waals surface area (Å²) in [6, 6.07) is 1.57. The fourth-order valence-corrected chi connectivity index (χ4v) is 2.83. The molecule has 1 atom stereocenters. The fraction of sp³-hybridized carbons (Fsp3) is 0.538. The van der Waals surface area contributed by atoms with Crippen LogP contribution in [0.4, 0.5) is 11.4 Å². The van der Waals surface area contributed by atoms with Crippen molar-refractivity contribution in [3.05, 3.63) is 28.6 Å².